The summed E-state index contributed by atoms with van der Waals surface area (Å²) in [4.78, 5) is 29.1. The molecule has 1 aliphatic heterocycles. The van der Waals surface area contributed by atoms with E-state index in [0.29, 0.717) is 16.8 Å². The van der Waals surface area contributed by atoms with Crippen molar-refractivity contribution >= 4 is 23.4 Å². The minimum atomic E-state index is -4.47. The van der Waals surface area contributed by atoms with E-state index in [-0.39, 0.29) is 5.71 Å². The Hall–Kier alpha value is -3.36. The smallest absolute Gasteiger partial charge is 0.416 e. The first-order valence-electron chi connectivity index (χ1n) is 9.09. The zero-order valence-electron chi connectivity index (χ0n) is 16.5. The van der Waals surface area contributed by atoms with Crippen molar-refractivity contribution in [3.63, 3.8) is 0 Å². The van der Waals surface area contributed by atoms with Crippen LogP contribution in [0.3, 0.4) is 0 Å². The summed E-state index contributed by atoms with van der Waals surface area (Å²) in [5.74, 6) is -0.602. The van der Waals surface area contributed by atoms with Gasteiger partial charge in [-0.15, -0.1) is 0 Å². The summed E-state index contributed by atoms with van der Waals surface area (Å²) in [7, 11) is 0. The van der Waals surface area contributed by atoms with Crippen LogP contribution in [0.2, 0.25) is 0 Å². The maximum Gasteiger partial charge on any atom is 0.416 e. The average Bonchev–Trinajstić information content (AvgIpc) is 2.76. The molecule has 1 unspecified atom stereocenters. The number of nitrogens with one attached hydrogen (secondary N) is 2. The number of alkyl halides is 3. The van der Waals surface area contributed by atoms with Gasteiger partial charge in [0.2, 0.25) is 6.17 Å². The molecule has 0 radical (unpaired) electrons. The summed E-state index contributed by atoms with van der Waals surface area (Å²) in [5, 5.41) is 5.07. The van der Waals surface area contributed by atoms with E-state index < -0.39 is 35.5 Å². The Morgan fingerprint density at radius 1 is 1.07 bits per heavy atom. The molecule has 2 aromatic carbocycles. The number of para-hydroxylation sites is 1. The van der Waals surface area contributed by atoms with Gasteiger partial charge < -0.3 is 10.1 Å². The number of amides is 2. The molecule has 3 rings (SSSR count). The first kappa shape index (κ1) is 21.4. The SMILES string of the molecule is CC(C)(C)OC(=O)NC1N=C(c2ccc(C(F)(F)F)cc2)c2ccccc2NC1=O. The van der Waals surface area contributed by atoms with Crippen molar-refractivity contribution in [2.75, 3.05) is 5.32 Å². The number of benzene rings is 2. The Labute approximate surface area is 171 Å². The number of fused-ring (bicyclic) bond motifs is 1. The van der Waals surface area contributed by atoms with Gasteiger partial charge in [0.15, 0.2) is 0 Å². The molecule has 1 atom stereocenters. The molecule has 0 aliphatic carbocycles. The van der Waals surface area contributed by atoms with Crippen LogP contribution in [0.5, 0.6) is 0 Å². The molecule has 9 heteroatoms. The number of anilines is 1. The number of hydrogen-bond acceptors (Lipinski definition) is 4. The van der Waals surface area contributed by atoms with E-state index in [9.17, 15) is 22.8 Å². The maximum atomic E-state index is 12.9. The number of halogens is 3. The summed E-state index contributed by atoms with van der Waals surface area (Å²) in [6, 6.07) is 11.2. The first-order valence-corrected chi connectivity index (χ1v) is 9.09. The van der Waals surface area contributed by atoms with Gasteiger partial charge in [-0.25, -0.2) is 9.79 Å². The summed E-state index contributed by atoms with van der Waals surface area (Å²) in [6.45, 7) is 5.02. The monoisotopic (exact) mass is 419 g/mol. The number of benzodiazepines with no additional fused rings is 1. The number of rotatable bonds is 2. The van der Waals surface area contributed by atoms with Crippen molar-refractivity contribution < 1.29 is 27.5 Å². The molecule has 2 N–H and O–H groups in total. The number of alkyl carbamates (subject to hydrolysis) is 1. The van der Waals surface area contributed by atoms with Gasteiger partial charge in [0.25, 0.3) is 5.91 Å². The van der Waals surface area contributed by atoms with Gasteiger partial charge >= 0.3 is 12.3 Å². The number of ether oxygens (including phenoxy) is 1. The zero-order valence-corrected chi connectivity index (χ0v) is 16.5. The van der Waals surface area contributed by atoms with Gasteiger partial charge in [-0.2, -0.15) is 13.2 Å². The average molecular weight is 419 g/mol. The summed E-state index contributed by atoms with van der Waals surface area (Å²) < 4.78 is 43.9. The molecule has 2 aromatic rings. The van der Waals surface area contributed by atoms with Gasteiger partial charge in [0.05, 0.1) is 17.0 Å². The van der Waals surface area contributed by atoms with E-state index >= 15 is 0 Å². The molecule has 0 spiro atoms. The molecule has 2 amide bonds. The fourth-order valence-corrected chi connectivity index (χ4v) is 2.82. The van der Waals surface area contributed by atoms with Crippen molar-refractivity contribution in [1.29, 1.82) is 0 Å². The van der Waals surface area contributed by atoms with Crippen molar-refractivity contribution in [3.05, 3.63) is 65.2 Å². The molecule has 0 bridgehead atoms. The number of carbonyl (C=O) groups excluding carboxylic acids is 2. The van der Waals surface area contributed by atoms with Crippen LogP contribution in [0.4, 0.5) is 23.7 Å². The second kappa shape index (κ2) is 7.81. The van der Waals surface area contributed by atoms with Crippen LogP contribution >= 0.6 is 0 Å². The van der Waals surface area contributed by atoms with Crippen molar-refractivity contribution in [2.45, 2.75) is 38.7 Å². The minimum Gasteiger partial charge on any atom is -0.444 e. The molecule has 6 nitrogen and oxygen atoms in total. The van der Waals surface area contributed by atoms with Gasteiger partial charge in [0.1, 0.15) is 5.60 Å². The summed E-state index contributed by atoms with van der Waals surface area (Å²) >= 11 is 0. The number of hydrogen-bond donors (Lipinski definition) is 2. The highest BCUT2D eigenvalue weighted by Gasteiger charge is 2.31. The quantitative estimate of drug-likeness (QED) is 0.760. The van der Waals surface area contributed by atoms with Crippen LogP contribution in [0.1, 0.15) is 37.5 Å². The fourth-order valence-electron chi connectivity index (χ4n) is 2.82. The van der Waals surface area contributed by atoms with E-state index in [1.165, 1.54) is 12.1 Å². The Morgan fingerprint density at radius 3 is 2.30 bits per heavy atom. The van der Waals surface area contributed by atoms with E-state index in [4.69, 9.17) is 4.74 Å². The molecule has 0 saturated carbocycles. The highest BCUT2D eigenvalue weighted by atomic mass is 19.4. The third-order valence-electron chi connectivity index (χ3n) is 4.09. The number of carbonyl (C=O) groups is 2. The molecule has 30 heavy (non-hydrogen) atoms. The molecule has 0 saturated heterocycles. The molecular formula is C21H20F3N3O3. The second-order valence-corrected chi connectivity index (χ2v) is 7.64. The maximum absolute atomic E-state index is 12.9. The standard InChI is InChI=1S/C21H20F3N3O3/c1-20(2,3)30-19(29)27-17-18(28)25-15-7-5-4-6-14(15)16(26-17)12-8-10-13(11-9-12)21(22,23)24/h4-11,17H,1-3H3,(H,25,28)(H,27,29). The highest BCUT2D eigenvalue weighted by Crippen LogP contribution is 2.30. The largest absolute Gasteiger partial charge is 0.444 e. The Balaban J connectivity index is 2.01. The molecule has 0 aromatic heterocycles. The predicted molar refractivity (Wildman–Crippen MR) is 105 cm³/mol. The van der Waals surface area contributed by atoms with Gasteiger partial charge in [0, 0.05) is 11.1 Å². The summed E-state index contributed by atoms with van der Waals surface area (Å²) in [5.41, 5.74) is -0.0180. The molecule has 1 heterocycles. The van der Waals surface area contributed by atoms with Crippen molar-refractivity contribution in [1.82, 2.24) is 5.32 Å². The highest BCUT2D eigenvalue weighted by molar-refractivity contribution is 6.19. The third kappa shape index (κ3) is 4.97. The van der Waals surface area contributed by atoms with E-state index in [2.05, 4.69) is 15.6 Å². The normalized spacial score (nSPS) is 16.7. The minimum absolute atomic E-state index is 0.263. The predicted octanol–water partition coefficient (Wildman–Crippen LogP) is 4.35. The van der Waals surface area contributed by atoms with Crippen LogP contribution < -0.4 is 10.6 Å². The van der Waals surface area contributed by atoms with Crippen LogP contribution in [0.25, 0.3) is 0 Å². The Bertz CT molecular complexity index is 993. The molecular weight excluding hydrogens is 399 g/mol. The lowest BCUT2D eigenvalue weighted by Crippen LogP contribution is -2.44. The van der Waals surface area contributed by atoms with Gasteiger partial charge in [-0.3, -0.25) is 10.1 Å². The van der Waals surface area contributed by atoms with Crippen LogP contribution in [0.15, 0.2) is 53.5 Å². The molecule has 158 valence electrons. The van der Waals surface area contributed by atoms with E-state index in [0.717, 1.165) is 12.1 Å². The Kier molecular flexibility index (Phi) is 5.56. The number of aliphatic imine (C=N–C) groups is 1. The topological polar surface area (TPSA) is 79.8 Å². The van der Waals surface area contributed by atoms with E-state index in [1.807, 2.05) is 0 Å². The second-order valence-electron chi connectivity index (χ2n) is 7.64. The van der Waals surface area contributed by atoms with Gasteiger partial charge in [-0.1, -0.05) is 30.3 Å². The molecule has 0 fully saturated rings. The van der Waals surface area contributed by atoms with E-state index in [1.54, 1.807) is 45.0 Å². The molecule has 1 aliphatic rings. The van der Waals surface area contributed by atoms with Crippen molar-refractivity contribution in [3.8, 4) is 0 Å². The van der Waals surface area contributed by atoms with Crippen molar-refractivity contribution in [2.24, 2.45) is 4.99 Å². The lowest BCUT2D eigenvalue weighted by molar-refractivity contribution is -0.137. The Morgan fingerprint density at radius 2 is 1.70 bits per heavy atom. The number of nitrogens with zero attached hydrogens (tertiary/aromatic N) is 1. The summed E-state index contributed by atoms with van der Waals surface area (Å²) in [6.07, 6.45) is -6.64. The third-order valence-corrected chi connectivity index (χ3v) is 4.09. The van der Waals surface area contributed by atoms with Crippen LogP contribution in [0, 0.1) is 0 Å². The lowest BCUT2D eigenvalue weighted by Gasteiger charge is -2.21. The fraction of sp³-hybridized carbons (Fsp3) is 0.286. The van der Waals surface area contributed by atoms with Gasteiger partial charge in [-0.05, 0) is 39.0 Å². The van der Waals surface area contributed by atoms with Crippen LogP contribution in [-0.2, 0) is 15.7 Å². The zero-order chi connectivity index (χ0) is 22.1. The lowest BCUT2D eigenvalue weighted by atomic mass is 9.99. The van der Waals surface area contributed by atoms with Crippen LogP contribution in [-0.4, -0.2) is 29.5 Å². The first-order chi connectivity index (χ1) is 13.9.